The predicted molar refractivity (Wildman–Crippen MR) is 397 cm³/mol. The fourth-order valence-corrected chi connectivity index (χ4v) is 15.4. The summed E-state index contributed by atoms with van der Waals surface area (Å²) in [5.41, 5.74) is 25.9. The summed E-state index contributed by atoms with van der Waals surface area (Å²) < 4.78 is 2.40. The number of hydrogen-bond acceptors (Lipinski definition) is 8. The SMILES string of the molecule is CC1(C)c2ccccc2-c2cc3c4ccccc4n(-c4ccc(-c5nc(-c6ccccc6)nc(-c6ccccc6)n5)cc4-c4nc(-c5ccccc5)nc(-c5ccc(-c6cccc(N7c8ccccc8B8c9ccccc9N(c9ccccc9)c9cccc7c98)c6)cc5)n4)c3cc21. The van der Waals surface area contributed by atoms with Crippen LogP contribution < -0.4 is 26.2 Å². The Morgan fingerprint density at radius 1 is 0.268 bits per heavy atom. The summed E-state index contributed by atoms with van der Waals surface area (Å²) in [6.07, 6.45) is 0. The summed E-state index contributed by atoms with van der Waals surface area (Å²) in [7, 11) is 0. The van der Waals surface area contributed by atoms with E-state index in [4.69, 9.17) is 29.9 Å². The van der Waals surface area contributed by atoms with Gasteiger partial charge >= 0.3 is 0 Å². The lowest BCUT2D eigenvalue weighted by Crippen LogP contribution is -2.61. The monoisotopic (exact) mass is 1240 g/mol. The van der Waals surface area contributed by atoms with Gasteiger partial charge in [-0.05, 0) is 135 Å². The van der Waals surface area contributed by atoms with Crippen LogP contribution in [0.1, 0.15) is 25.0 Å². The summed E-state index contributed by atoms with van der Waals surface area (Å²) in [6.45, 7) is 4.74. The molecule has 2 aliphatic heterocycles. The predicted octanol–water partition coefficient (Wildman–Crippen LogP) is 19.2. The van der Waals surface area contributed by atoms with Crippen LogP contribution in [-0.2, 0) is 5.41 Å². The zero-order valence-electron chi connectivity index (χ0n) is 53.1. The molecule has 0 bridgehead atoms. The number of aromatic nitrogens is 7. The second-order valence-electron chi connectivity index (χ2n) is 25.8. The summed E-state index contributed by atoms with van der Waals surface area (Å²) in [4.78, 5) is 36.9. The molecule has 19 rings (SSSR count). The fraction of sp³-hybridized carbons (Fsp3) is 0.0345. The highest BCUT2D eigenvalue weighted by molar-refractivity contribution is 7.00. The highest BCUT2D eigenvalue weighted by Gasteiger charge is 2.43. The molecule has 454 valence electrons. The number of rotatable bonds is 10. The van der Waals surface area contributed by atoms with Crippen LogP contribution in [0, 0.1) is 0 Å². The first-order valence-corrected chi connectivity index (χ1v) is 33.0. The maximum absolute atomic E-state index is 5.59. The van der Waals surface area contributed by atoms with Gasteiger partial charge in [-0.1, -0.05) is 244 Å². The Kier molecular flexibility index (Phi) is 12.8. The lowest BCUT2D eigenvalue weighted by Gasteiger charge is -2.44. The van der Waals surface area contributed by atoms with Crippen molar-refractivity contribution < 1.29 is 0 Å². The van der Waals surface area contributed by atoms with Crippen LogP contribution >= 0.6 is 0 Å². The third-order valence-corrected chi connectivity index (χ3v) is 19.9. The molecule has 0 amide bonds. The molecule has 1 aliphatic carbocycles. The molecule has 9 nitrogen and oxygen atoms in total. The van der Waals surface area contributed by atoms with Crippen molar-refractivity contribution in [3.8, 4) is 96.3 Å². The lowest BCUT2D eigenvalue weighted by molar-refractivity contribution is 0.661. The van der Waals surface area contributed by atoms with Crippen LogP contribution in [0.4, 0.5) is 34.1 Å². The van der Waals surface area contributed by atoms with Crippen LogP contribution in [0.25, 0.3) is 118 Å². The average molecular weight is 1240 g/mol. The van der Waals surface area contributed by atoms with Crippen LogP contribution in [-0.4, -0.2) is 41.2 Å². The molecule has 5 heterocycles. The van der Waals surface area contributed by atoms with Gasteiger partial charge in [-0.3, -0.25) is 0 Å². The van der Waals surface area contributed by atoms with Gasteiger partial charge in [0.05, 0.1) is 16.7 Å². The Balaban J connectivity index is 0.771. The Morgan fingerprint density at radius 3 is 1.35 bits per heavy atom. The van der Waals surface area contributed by atoms with Crippen LogP contribution in [0.5, 0.6) is 0 Å². The molecule has 0 spiro atoms. The Labute approximate surface area is 562 Å². The maximum atomic E-state index is 5.59. The molecule has 0 fully saturated rings. The normalized spacial score (nSPS) is 13.1. The Morgan fingerprint density at radius 2 is 0.722 bits per heavy atom. The minimum atomic E-state index is -0.239. The molecular formula is C87H58BN9. The molecule has 0 atom stereocenters. The van der Waals surface area contributed by atoms with Crippen molar-refractivity contribution in [2.45, 2.75) is 19.3 Å². The Bertz CT molecular complexity index is 5760. The molecule has 3 aliphatic rings. The van der Waals surface area contributed by atoms with E-state index in [2.05, 4.69) is 265 Å². The number of para-hydroxylation sites is 4. The van der Waals surface area contributed by atoms with Gasteiger partial charge in [-0.2, -0.15) is 0 Å². The van der Waals surface area contributed by atoms with Gasteiger partial charge in [0.25, 0.3) is 6.71 Å². The van der Waals surface area contributed by atoms with E-state index in [1.165, 1.54) is 55.7 Å². The molecule has 0 radical (unpaired) electrons. The molecule has 97 heavy (non-hydrogen) atoms. The van der Waals surface area contributed by atoms with Gasteiger partial charge in [-0.15, -0.1) is 0 Å². The number of fused-ring (bicyclic) bond motifs is 10. The van der Waals surface area contributed by atoms with E-state index >= 15 is 0 Å². The molecule has 3 aromatic heterocycles. The quantitative estimate of drug-likeness (QED) is 0.125. The van der Waals surface area contributed by atoms with E-state index in [0.29, 0.717) is 34.9 Å². The zero-order valence-corrected chi connectivity index (χ0v) is 53.1. The fourth-order valence-electron chi connectivity index (χ4n) is 15.4. The van der Waals surface area contributed by atoms with Crippen molar-refractivity contribution in [3.05, 3.63) is 327 Å². The van der Waals surface area contributed by atoms with Crippen molar-refractivity contribution in [1.29, 1.82) is 0 Å². The van der Waals surface area contributed by atoms with Crippen LogP contribution in [0.15, 0.2) is 315 Å². The second-order valence-corrected chi connectivity index (χ2v) is 25.8. The maximum Gasteiger partial charge on any atom is 0.252 e. The smallest absolute Gasteiger partial charge is 0.252 e. The van der Waals surface area contributed by atoms with Crippen molar-refractivity contribution in [1.82, 2.24) is 34.5 Å². The van der Waals surface area contributed by atoms with E-state index in [0.717, 1.165) is 89.1 Å². The third kappa shape index (κ3) is 9.09. The van der Waals surface area contributed by atoms with E-state index in [-0.39, 0.29) is 12.1 Å². The molecule has 10 heteroatoms. The number of benzene rings is 13. The molecule has 0 saturated carbocycles. The van der Waals surface area contributed by atoms with E-state index in [1.54, 1.807) is 0 Å². The lowest BCUT2D eigenvalue weighted by atomic mass is 9.33. The molecule has 13 aromatic carbocycles. The van der Waals surface area contributed by atoms with E-state index < -0.39 is 0 Å². The zero-order chi connectivity index (χ0) is 64.3. The Hall–Kier alpha value is -12.7. The topological polar surface area (TPSA) is 88.7 Å². The van der Waals surface area contributed by atoms with Gasteiger partial charge in [0, 0.05) is 83.7 Å². The van der Waals surface area contributed by atoms with Gasteiger partial charge in [0.15, 0.2) is 34.9 Å². The third-order valence-electron chi connectivity index (χ3n) is 19.9. The first-order chi connectivity index (χ1) is 47.9. The molecular weight excluding hydrogens is 1180 g/mol. The van der Waals surface area contributed by atoms with E-state index in [1.807, 2.05) is 78.9 Å². The highest BCUT2D eigenvalue weighted by atomic mass is 15.2. The van der Waals surface area contributed by atoms with Crippen molar-refractivity contribution in [2.24, 2.45) is 0 Å². The highest BCUT2D eigenvalue weighted by Crippen LogP contribution is 2.52. The van der Waals surface area contributed by atoms with Gasteiger partial charge in [0.1, 0.15) is 0 Å². The summed E-state index contributed by atoms with van der Waals surface area (Å²) in [5.74, 6) is 3.26. The van der Waals surface area contributed by atoms with Crippen LogP contribution in [0.2, 0.25) is 0 Å². The minimum Gasteiger partial charge on any atom is -0.311 e. The van der Waals surface area contributed by atoms with Gasteiger partial charge in [0.2, 0.25) is 0 Å². The second kappa shape index (κ2) is 22.3. The van der Waals surface area contributed by atoms with Crippen molar-refractivity contribution in [2.75, 3.05) is 9.80 Å². The average Bonchev–Trinajstić information content (AvgIpc) is 1.55. The molecule has 0 N–H and O–H groups in total. The first-order valence-electron chi connectivity index (χ1n) is 33.0. The molecule has 0 saturated heterocycles. The first kappa shape index (κ1) is 55.9. The molecule has 16 aromatic rings. The summed E-state index contributed by atoms with van der Waals surface area (Å²) in [5, 5.41) is 2.31. The number of hydrogen-bond donors (Lipinski definition) is 0. The molecule has 0 unspecified atom stereocenters. The van der Waals surface area contributed by atoms with Gasteiger partial charge in [-0.25, -0.2) is 29.9 Å². The number of anilines is 6. The van der Waals surface area contributed by atoms with E-state index in [9.17, 15) is 0 Å². The standard InChI is InChI=1S/C87H58BN9/c1-87(2)69-37-17-15-35-64(69)66-53-67-65-36-16-20-40-73(65)97(79(67)54-70(66)87)74-50-49-61(85-91-81(56-25-7-3-8-26-56)89-82(92-85)57-27-9-4-10-28-57)52-68(74)86-93-83(58-29-11-5-12-30-58)90-84(94-86)59-47-45-55(46-48-59)60-31-23-34-63(51-60)96-76-42-22-19-39-72(76)88-71-38-18-21-41-75(71)95(62-32-13-6-14-33-62)77-43-24-44-78(96)80(77)88/h3-54H,1-2H3. The largest absolute Gasteiger partial charge is 0.311 e. The van der Waals surface area contributed by atoms with Crippen LogP contribution in [0.3, 0.4) is 0 Å². The van der Waals surface area contributed by atoms with Crippen molar-refractivity contribution in [3.63, 3.8) is 0 Å². The number of nitrogens with zero attached hydrogens (tertiary/aromatic N) is 9. The van der Waals surface area contributed by atoms with Crippen molar-refractivity contribution >= 4 is 79.0 Å². The summed E-state index contributed by atoms with van der Waals surface area (Å²) >= 11 is 0. The summed E-state index contributed by atoms with van der Waals surface area (Å²) in [6, 6.07) is 112. The minimum absolute atomic E-state index is 0.0528. The van der Waals surface area contributed by atoms with Gasteiger partial charge < -0.3 is 14.4 Å².